The third-order valence-corrected chi connectivity index (χ3v) is 6.29. The molecule has 3 rings (SSSR count). The van der Waals surface area contributed by atoms with Gasteiger partial charge in [0, 0.05) is 28.2 Å². The number of aromatic nitrogens is 1. The fourth-order valence-electron chi connectivity index (χ4n) is 3.40. The molecule has 0 aliphatic carbocycles. The van der Waals surface area contributed by atoms with E-state index in [-0.39, 0.29) is 36.6 Å². The van der Waals surface area contributed by atoms with Crippen molar-refractivity contribution in [2.24, 2.45) is 5.92 Å². The predicted octanol–water partition coefficient (Wildman–Crippen LogP) is 5.33. The molecule has 0 saturated carbocycles. The number of benzene rings is 2. The van der Waals surface area contributed by atoms with E-state index in [1.807, 2.05) is 45.9 Å². The summed E-state index contributed by atoms with van der Waals surface area (Å²) in [5.74, 6) is -0.601. The molecule has 184 valence electrons. The van der Waals surface area contributed by atoms with Crippen LogP contribution >= 0.6 is 22.9 Å². The topological polar surface area (TPSA) is 91.4 Å². The summed E-state index contributed by atoms with van der Waals surface area (Å²) < 4.78 is 0. The number of thiazole rings is 1. The minimum Gasteiger partial charge on any atom is -0.329 e. The Balaban J connectivity index is 1.58. The summed E-state index contributed by atoms with van der Waals surface area (Å²) in [6, 6.07) is 12.3. The lowest BCUT2D eigenvalue weighted by molar-refractivity contribution is -0.117. The number of rotatable bonds is 9. The molecule has 0 fully saturated rings. The van der Waals surface area contributed by atoms with E-state index in [0.717, 1.165) is 16.8 Å². The Bertz CT molecular complexity index is 1210. The molecule has 1 aromatic heterocycles. The number of amides is 3. The van der Waals surface area contributed by atoms with E-state index < -0.39 is 0 Å². The second-order valence-electron chi connectivity index (χ2n) is 8.80. The van der Waals surface area contributed by atoms with E-state index in [0.29, 0.717) is 28.0 Å². The molecule has 0 unspecified atom stereocenters. The van der Waals surface area contributed by atoms with Crippen LogP contribution in [0.25, 0.3) is 0 Å². The van der Waals surface area contributed by atoms with Gasteiger partial charge in [-0.05, 0) is 67.3 Å². The standard InChI is InChI=1S/C26H29ClN4O3S/c1-16(2)13-31(25(34)19-6-8-20(27)9-7-19)14-24(33)30-26-29-22(15-35-26)12-23(32)28-21-10-5-17(3)18(4)11-21/h5-11,15-16H,12-14H2,1-4H3,(H,28,32)(H,29,30,33). The first-order valence-electron chi connectivity index (χ1n) is 11.3. The molecule has 9 heteroatoms. The van der Waals surface area contributed by atoms with Crippen molar-refractivity contribution in [3.8, 4) is 0 Å². The number of aryl methyl sites for hydroxylation is 2. The Labute approximate surface area is 214 Å². The number of nitrogens with one attached hydrogen (secondary N) is 2. The Morgan fingerprint density at radius 2 is 1.71 bits per heavy atom. The van der Waals surface area contributed by atoms with Crippen molar-refractivity contribution >= 4 is 51.5 Å². The van der Waals surface area contributed by atoms with Crippen molar-refractivity contribution in [1.82, 2.24) is 9.88 Å². The van der Waals surface area contributed by atoms with Crippen LogP contribution in [0.3, 0.4) is 0 Å². The molecule has 2 N–H and O–H groups in total. The lowest BCUT2D eigenvalue weighted by atomic mass is 10.1. The van der Waals surface area contributed by atoms with Crippen molar-refractivity contribution in [2.75, 3.05) is 23.7 Å². The Morgan fingerprint density at radius 3 is 2.37 bits per heavy atom. The first-order valence-corrected chi connectivity index (χ1v) is 12.5. The molecule has 0 spiro atoms. The van der Waals surface area contributed by atoms with Gasteiger partial charge in [0.05, 0.1) is 12.1 Å². The first-order chi connectivity index (χ1) is 16.6. The van der Waals surface area contributed by atoms with Crippen LogP contribution in [-0.4, -0.2) is 40.7 Å². The smallest absolute Gasteiger partial charge is 0.254 e. The van der Waals surface area contributed by atoms with Gasteiger partial charge in [-0.1, -0.05) is 31.5 Å². The van der Waals surface area contributed by atoms with Gasteiger partial charge in [0.25, 0.3) is 5.91 Å². The van der Waals surface area contributed by atoms with Crippen molar-refractivity contribution < 1.29 is 14.4 Å². The third kappa shape index (κ3) is 7.90. The van der Waals surface area contributed by atoms with Gasteiger partial charge >= 0.3 is 0 Å². The molecule has 0 bridgehead atoms. The number of carbonyl (C=O) groups is 3. The molecular weight excluding hydrogens is 484 g/mol. The van der Waals surface area contributed by atoms with E-state index in [2.05, 4.69) is 15.6 Å². The van der Waals surface area contributed by atoms with Crippen LogP contribution in [0, 0.1) is 19.8 Å². The molecule has 35 heavy (non-hydrogen) atoms. The van der Waals surface area contributed by atoms with Crippen LogP contribution in [0.15, 0.2) is 47.8 Å². The number of nitrogens with zero attached hydrogens (tertiary/aromatic N) is 2. The fourth-order valence-corrected chi connectivity index (χ4v) is 4.25. The summed E-state index contributed by atoms with van der Waals surface area (Å²) in [5.41, 5.74) is 4.02. The summed E-state index contributed by atoms with van der Waals surface area (Å²) in [6.45, 7) is 8.29. The second kappa shape index (κ2) is 12.0. The van der Waals surface area contributed by atoms with Crippen molar-refractivity contribution in [3.05, 3.63) is 75.3 Å². The van der Waals surface area contributed by atoms with E-state index in [4.69, 9.17) is 11.6 Å². The minimum atomic E-state index is -0.353. The number of carbonyl (C=O) groups excluding carboxylic acids is 3. The van der Waals surface area contributed by atoms with Gasteiger partial charge in [-0.15, -0.1) is 11.3 Å². The van der Waals surface area contributed by atoms with Crippen molar-refractivity contribution in [1.29, 1.82) is 0 Å². The van der Waals surface area contributed by atoms with Crippen molar-refractivity contribution in [2.45, 2.75) is 34.1 Å². The minimum absolute atomic E-state index is 0.0911. The number of hydrogen-bond donors (Lipinski definition) is 2. The quantitative estimate of drug-likeness (QED) is 0.405. The highest BCUT2D eigenvalue weighted by Crippen LogP contribution is 2.18. The summed E-state index contributed by atoms with van der Waals surface area (Å²) in [4.78, 5) is 43.9. The normalized spacial score (nSPS) is 10.8. The van der Waals surface area contributed by atoms with Gasteiger partial charge < -0.3 is 15.5 Å². The zero-order chi connectivity index (χ0) is 25.5. The maximum absolute atomic E-state index is 12.9. The molecular formula is C26H29ClN4O3S. The molecule has 0 saturated heterocycles. The van der Waals surface area contributed by atoms with Crippen LogP contribution in [0.5, 0.6) is 0 Å². The lowest BCUT2D eigenvalue weighted by Crippen LogP contribution is -2.40. The maximum Gasteiger partial charge on any atom is 0.254 e. The molecule has 3 aromatic rings. The summed E-state index contributed by atoms with van der Waals surface area (Å²) >= 11 is 7.16. The van der Waals surface area contributed by atoms with Gasteiger partial charge in [-0.3, -0.25) is 14.4 Å². The van der Waals surface area contributed by atoms with Gasteiger partial charge in [0.2, 0.25) is 11.8 Å². The number of hydrogen-bond acceptors (Lipinski definition) is 5. The Morgan fingerprint density at radius 1 is 1.00 bits per heavy atom. The van der Waals surface area contributed by atoms with E-state index in [1.165, 1.54) is 16.2 Å². The summed E-state index contributed by atoms with van der Waals surface area (Å²) in [5, 5.41) is 8.27. The maximum atomic E-state index is 12.9. The van der Waals surface area contributed by atoms with Gasteiger partial charge in [-0.25, -0.2) is 4.98 Å². The van der Waals surface area contributed by atoms with Gasteiger partial charge in [0.1, 0.15) is 6.54 Å². The number of halogens is 1. The molecule has 2 aromatic carbocycles. The monoisotopic (exact) mass is 512 g/mol. The lowest BCUT2D eigenvalue weighted by Gasteiger charge is -2.24. The van der Waals surface area contributed by atoms with Crippen LogP contribution in [0.4, 0.5) is 10.8 Å². The van der Waals surface area contributed by atoms with Crippen LogP contribution in [0.1, 0.15) is 41.0 Å². The van der Waals surface area contributed by atoms with E-state index in [1.54, 1.807) is 29.6 Å². The highest BCUT2D eigenvalue weighted by Gasteiger charge is 2.21. The second-order valence-corrected chi connectivity index (χ2v) is 10.1. The van der Waals surface area contributed by atoms with Crippen LogP contribution in [-0.2, 0) is 16.0 Å². The summed E-state index contributed by atoms with van der Waals surface area (Å²) in [6.07, 6.45) is 0.0911. The molecule has 0 aliphatic rings. The van der Waals surface area contributed by atoms with Crippen molar-refractivity contribution in [3.63, 3.8) is 0 Å². The molecule has 0 aliphatic heterocycles. The Kier molecular flexibility index (Phi) is 9.01. The summed E-state index contributed by atoms with van der Waals surface area (Å²) in [7, 11) is 0. The van der Waals surface area contributed by atoms with Gasteiger partial charge in [0.15, 0.2) is 5.13 Å². The number of anilines is 2. The zero-order valence-corrected chi connectivity index (χ0v) is 21.8. The van der Waals surface area contributed by atoms with E-state index in [9.17, 15) is 14.4 Å². The third-order valence-electron chi connectivity index (χ3n) is 5.23. The molecule has 7 nitrogen and oxygen atoms in total. The van der Waals surface area contributed by atoms with E-state index >= 15 is 0 Å². The highest BCUT2D eigenvalue weighted by atomic mass is 35.5. The zero-order valence-electron chi connectivity index (χ0n) is 20.2. The largest absolute Gasteiger partial charge is 0.329 e. The average molecular weight is 513 g/mol. The van der Waals surface area contributed by atoms with Crippen LogP contribution in [0.2, 0.25) is 5.02 Å². The highest BCUT2D eigenvalue weighted by molar-refractivity contribution is 7.13. The first kappa shape index (κ1) is 26.4. The average Bonchev–Trinajstić information content (AvgIpc) is 3.21. The predicted molar refractivity (Wildman–Crippen MR) is 141 cm³/mol. The molecule has 1 heterocycles. The van der Waals surface area contributed by atoms with Crippen LogP contribution < -0.4 is 10.6 Å². The SMILES string of the molecule is Cc1ccc(NC(=O)Cc2csc(NC(=O)CN(CC(C)C)C(=O)c3ccc(Cl)cc3)n2)cc1C. The fraction of sp³-hybridized carbons (Fsp3) is 0.308. The Hall–Kier alpha value is -3.23. The van der Waals surface area contributed by atoms with Gasteiger partial charge in [-0.2, -0.15) is 0 Å². The molecule has 3 amide bonds. The molecule has 0 radical (unpaired) electrons. The molecule has 0 atom stereocenters.